The molecule has 0 aliphatic carbocycles. The van der Waals surface area contributed by atoms with Crippen LogP contribution >= 0.6 is 11.6 Å². The number of alkyl halides is 6. The van der Waals surface area contributed by atoms with E-state index in [2.05, 4.69) is 9.72 Å². The lowest BCUT2D eigenvalue weighted by molar-refractivity contribution is -0.275. The minimum atomic E-state index is -5.15. The summed E-state index contributed by atoms with van der Waals surface area (Å²) in [6.07, 6.45) is -7.57. The van der Waals surface area contributed by atoms with Gasteiger partial charge in [0, 0.05) is 17.3 Å². The van der Waals surface area contributed by atoms with E-state index in [0.717, 1.165) is 6.20 Å². The topological polar surface area (TPSA) is 42.4 Å². The minimum absolute atomic E-state index is 0.103. The number of pyridine rings is 1. The first-order chi connectivity index (χ1) is 8.30. The predicted octanol–water partition coefficient (Wildman–Crippen LogP) is 3.15. The zero-order valence-electron chi connectivity index (χ0n) is 8.64. The maximum atomic E-state index is 12.5. The third-order valence-electron chi connectivity index (χ3n) is 1.98. The second-order valence-electron chi connectivity index (χ2n) is 3.12. The van der Waals surface area contributed by atoms with Crippen LogP contribution in [0.25, 0.3) is 0 Å². The Morgan fingerprint density at radius 2 is 2.00 bits per heavy atom. The first kappa shape index (κ1) is 14.9. The van der Waals surface area contributed by atoms with E-state index in [1.165, 1.54) is 0 Å². The van der Waals surface area contributed by atoms with E-state index in [4.69, 9.17) is 16.7 Å². The predicted molar refractivity (Wildman–Crippen MR) is 51.4 cm³/mol. The molecule has 1 rings (SSSR count). The molecule has 0 aliphatic heterocycles. The van der Waals surface area contributed by atoms with Crippen molar-refractivity contribution in [2.24, 2.45) is 0 Å². The van der Waals surface area contributed by atoms with Crippen molar-refractivity contribution in [3.05, 3.63) is 23.0 Å². The fourth-order valence-electron chi connectivity index (χ4n) is 1.25. The Morgan fingerprint density at radius 1 is 1.39 bits per heavy atom. The summed E-state index contributed by atoms with van der Waals surface area (Å²) < 4.78 is 65.0. The number of ether oxygens (including phenoxy) is 1. The first-order valence-electron chi connectivity index (χ1n) is 4.51. The van der Waals surface area contributed by atoms with Gasteiger partial charge >= 0.3 is 6.36 Å². The molecule has 1 aromatic rings. The number of rotatable bonds is 4. The molecular formula is C9H7ClF5NO2. The molecule has 1 heterocycles. The Kier molecular flexibility index (Phi) is 4.69. The Hall–Kier alpha value is -1.15. The monoisotopic (exact) mass is 291 g/mol. The standard InChI is InChI=1S/C9H7ClF5NO2/c10-1-5-4(3-17)2-16-6(8(11)12)7(5)18-9(13,14)15/h2,8,17H,1,3H2. The summed E-state index contributed by atoms with van der Waals surface area (Å²) in [5.41, 5.74) is -1.63. The molecule has 0 aromatic carbocycles. The number of hydrogen-bond donors (Lipinski definition) is 1. The van der Waals surface area contributed by atoms with Crippen LogP contribution in [0, 0.1) is 0 Å². The molecule has 0 unspecified atom stereocenters. The number of aliphatic hydroxyl groups excluding tert-OH is 1. The number of halogens is 6. The van der Waals surface area contributed by atoms with Crippen molar-refractivity contribution in [3.63, 3.8) is 0 Å². The van der Waals surface area contributed by atoms with Gasteiger partial charge in [-0.15, -0.1) is 24.8 Å². The Morgan fingerprint density at radius 3 is 2.39 bits per heavy atom. The van der Waals surface area contributed by atoms with Crippen LogP contribution in [0.4, 0.5) is 22.0 Å². The van der Waals surface area contributed by atoms with Gasteiger partial charge in [-0.25, -0.2) is 8.78 Å². The highest BCUT2D eigenvalue weighted by atomic mass is 35.5. The second kappa shape index (κ2) is 5.66. The Labute approximate surface area is 103 Å². The van der Waals surface area contributed by atoms with Crippen molar-refractivity contribution in [1.29, 1.82) is 0 Å². The highest BCUT2D eigenvalue weighted by molar-refractivity contribution is 6.17. The molecule has 1 aromatic heterocycles. The quantitative estimate of drug-likeness (QED) is 0.684. The van der Waals surface area contributed by atoms with Crippen molar-refractivity contribution in [2.45, 2.75) is 25.3 Å². The SMILES string of the molecule is OCc1cnc(C(F)F)c(OC(F)(F)F)c1CCl. The average Bonchev–Trinajstić information content (AvgIpc) is 2.25. The van der Waals surface area contributed by atoms with Crippen LogP contribution in [-0.2, 0) is 12.5 Å². The third-order valence-corrected chi connectivity index (χ3v) is 2.25. The second-order valence-corrected chi connectivity index (χ2v) is 3.38. The zero-order valence-corrected chi connectivity index (χ0v) is 9.40. The molecular weight excluding hydrogens is 285 g/mol. The van der Waals surface area contributed by atoms with E-state index >= 15 is 0 Å². The van der Waals surface area contributed by atoms with Gasteiger partial charge in [-0.05, 0) is 0 Å². The zero-order chi connectivity index (χ0) is 13.9. The molecule has 0 bridgehead atoms. The molecule has 0 atom stereocenters. The summed E-state index contributed by atoms with van der Waals surface area (Å²) in [5.74, 6) is -1.68. The highest BCUT2D eigenvalue weighted by Gasteiger charge is 2.35. The summed E-state index contributed by atoms with van der Waals surface area (Å²) in [7, 11) is 0. The minimum Gasteiger partial charge on any atom is -0.403 e. The van der Waals surface area contributed by atoms with Crippen LogP contribution in [-0.4, -0.2) is 16.5 Å². The Balaban J connectivity index is 3.38. The van der Waals surface area contributed by atoms with Crippen LogP contribution in [0.2, 0.25) is 0 Å². The van der Waals surface area contributed by atoms with E-state index < -0.39 is 36.7 Å². The summed E-state index contributed by atoms with van der Waals surface area (Å²) in [5, 5.41) is 8.88. The molecule has 0 fully saturated rings. The first-order valence-corrected chi connectivity index (χ1v) is 5.05. The Bertz CT molecular complexity index is 424. The average molecular weight is 292 g/mol. The summed E-state index contributed by atoms with van der Waals surface area (Å²) in [6.45, 7) is -0.688. The van der Waals surface area contributed by atoms with Crippen LogP contribution in [0.3, 0.4) is 0 Å². The van der Waals surface area contributed by atoms with Gasteiger partial charge in [0.15, 0.2) is 5.75 Å². The molecule has 18 heavy (non-hydrogen) atoms. The molecule has 0 radical (unpaired) electrons. The number of aromatic nitrogens is 1. The molecule has 0 aliphatic rings. The maximum Gasteiger partial charge on any atom is 0.573 e. The van der Waals surface area contributed by atoms with Gasteiger partial charge in [0.1, 0.15) is 5.69 Å². The van der Waals surface area contributed by atoms with Gasteiger partial charge in [0.05, 0.1) is 12.5 Å². The van der Waals surface area contributed by atoms with E-state index in [-0.39, 0.29) is 11.1 Å². The van der Waals surface area contributed by atoms with Crippen LogP contribution in [0.1, 0.15) is 23.2 Å². The lowest BCUT2D eigenvalue weighted by Crippen LogP contribution is -2.20. The molecule has 0 spiro atoms. The van der Waals surface area contributed by atoms with E-state index in [9.17, 15) is 22.0 Å². The van der Waals surface area contributed by atoms with Crippen molar-refractivity contribution in [3.8, 4) is 5.75 Å². The van der Waals surface area contributed by atoms with Crippen LogP contribution in [0.15, 0.2) is 6.20 Å². The van der Waals surface area contributed by atoms with Gasteiger partial charge in [0.2, 0.25) is 0 Å². The van der Waals surface area contributed by atoms with Crippen molar-refractivity contribution >= 4 is 11.6 Å². The van der Waals surface area contributed by atoms with E-state index in [1.54, 1.807) is 0 Å². The van der Waals surface area contributed by atoms with Gasteiger partial charge in [-0.3, -0.25) is 4.98 Å². The summed E-state index contributed by atoms with van der Waals surface area (Å²) in [4.78, 5) is 3.15. The largest absolute Gasteiger partial charge is 0.573 e. The molecule has 9 heteroatoms. The van der Waals surface area contributed by atoms with Gasteiger partial charge < -0.3 is 9.84 Å². The molecule has 0 amide bonds. The van der Waals surface area contributed by atoms with Gasteiger partial charge in [0.25, 0.3) is 6.43 Å². The molecule has 1 N–H and O–H groups in total. The van der Waals surface area contributed by atoms with Gasteiger partial charge in [-0.1, -0.05) is 0 Å². The van der Waals surface area contributed by atoms with E-state index in [1.807, 2.05) is 0 Å². The van der Waals surface area contributed by atoms with Crippen molar-refractivity contribution in [1.82, 2.24) is 4.98 Å². The highest BCUT2D eigenvalue weighted by Crippen LogP contribution is 2.36. The smallest absolute Gasteiger partial charge is 0.403 e. The number of aliphatic hydroxyl groups is 1. The normalized spacial score (nSPS) is 12.0. The lowest BCUT2D eigenvalue weighted by Gasteiger charge is -2.17. The van der Waals surface area contributed by atoms with Crippen molar-refractivity contribution in [2.75, 3.05) is 0 Å². The van der Waals surface area contributed by atoms with E-state index in [0.29, 0.717) is 0 Å². The summed E-state index contributed by atoms with van der Waals surface area (Å²) >= 11 is 5.39. The molecule has 3 nitrogen and oxygen atoms in total. The van der Waals surface area contributed by atoms with Crippen molar-refractivity contribution < 1.29 is 31.8 Å². The molecule has 0 saturated carbocycles. The molecule has 102 valence electrons. The lowest BCUT2D eigenvalue weighted by atomic mass is 10.1. The van der Waals surface area contributed by atoms with Crippen LogP contribution in [0.5, 0.6) is 5.75 Å². The van der Waals surface area contributed by atoms with Crippen LogP contribution < -0.4 is 4.74 Å². The fourth-order valence-corrected chi connectivity index (χ4v) is 1.55. The molecule has 0 saturated heterocycles. The van der Waals surface area contributed by atoms with Gasteiger partial charge in [-0.2, -0.15) is 0 Å². The number of hydrogen-bond acceptors (Lipinski definition) is 3. The maximum absolute atomic E-state index is 12.5. The third kappa shape index (κ3) is 3.42. The fraction of sp³-hybridized carbons (Fsp3) is 0.444. The summed E-state index contributed by atoms with van der Waals surface area (Å²) in [6, 6.07) is 0. The number of nitrogens with zero attached hydrogens (tertiary/aromatic N) is 1.